The summed E-state index contributed by atoms with van der Waals surface area (Å²) in [5, 5.41) is 54.3. The molecular weight excluding hydrogens is 751 g/mol. The molecule has 8 N–H and O–H groups in total. The largest absolute Gasteiger partial charge is 0.481 e. The van der Waals surface area contributed by atoms with E-state index in [0.717, 1.165) is 0 Å². The zero-order valence-electron chi connectivity index (χ0n) is 40.8. The fourth-order valence-electron chi connectivity index (χ4n) is 1.33. The van der Waals surface area contributed by atoms with Gasteiger partial charge in [0.15, 0.2) is 0 Å². The summed E-state index contributed by atoms with van der Waals surface area (Å²) in [5.74, 6) is 42.4. The number of hydrogen-bond donors (Lipinski definition) is 6. The van der Waals surface area contributed by atoms with Gasteiger partial charge < -0.3 is 21.7 Å². The maximum absolute atomic E-state index is 11.7. The maximum atomic E-state index is 11.7. The summed E-state index contributed by atoms with van der Waals surface area (Å²) < 4.78 is 73.6. The van der Waals surface area contributed by atoms with Crippen LogP contribution in [0.25, 0.3) is 0 Å². The van der Waals surface area contributed by atoms with Gasteiger partial charge >= 0.3 is 11.9 Å². The Labute approximate surface area is 349 Å². The van der Waals surface area contributed by atoms with Crippen LogP contribution < -0.4 is 16.9 Å². The van der Waals surface area contributed by atoms with E-state index in [1.54, 1.807) is 27.7 Å². The van der Waals surface area contributed by atoms with Gasteiger partial charge in [-0.25, -0.2) is 5.43 Å². The molecule has 0 aliphatic carbocycles. The van der Waals surface area contributed by atoms with E-state index < -0.39 is 60.9 Å². The summed E-state index contributed by atoms with van der Waals surface area (Å²) in [6.45, 7) is 10.5. The maximum Gasteiger partial charge on any atom is 0.320 e. The van der Waals surface area contributed by atoms with Crippen LogP contribution in [0, 0.1) is 130 Å². The van der Waals surface area contributed by atoms with E-state index in [1.807, 2.05) is 0 Å². The summed E-state index contributed by atoms with van der Waals surface area (Å²) >= 11 is 0. The van der Waals surface area contributed by atoms with Crippen LogP contribution in [0.4, 0.5) is 0 Å². The average Bonchev–Trinajstić information content (AvgIpc) is 3.27. The molecule has 2 unspecified atom stereocenters. The van der Waals surface area contributed by atoms with E-state index in [0.29, 0.717) is 6.92 Å². The third-order valence-corrected chi connectivity index (χ3v) is 3.29. The smallest absolute Gasteiger partial charge is 0.320 e. The summed E-state index contributed by atoms with van der Waals surface area (Å²) in [7, 11) is 0. The minimum absolute atomic E-state index is 0.595. The van der Waals surface area contributed by atoms with E-state index in [2.05, 4.69) is 193 Å². The van der Waals surface area contributed by atoms with Crippen LogP contribution in [0.3, 0.4) is 0 Å². The quantitative estimate of drug-likeness (QED) is 0.0782. The van der Waals surface area contributed by atoms with Crippen LogP contribution in [-0.2, 0) is 14.4 Å². The normalized spacial score (nSPS) is 14.1. The molecule has 0 aromatic rings. The fraction of sp³-hybridized carbons (Fsp3) is 0.306. The van der Waals surface area contributed by atoms with Crippen LogP contribution in [0.1, 0.15) is 73.8 Å². The first-order valence-corrected chi connectivity index (χ1v) is 14.1. The molecule has 0 aromatic carbocycles. The number of amides is 1. The molecule has 294 valence electrons. The topological polar surface area (TPSA) is 340 Å². The first-order valence-electron chi connectivity index (χ1n) is 19.1. The lowest BCUT2D eigenvalue weighted by molar-refractivity contribution is -0.141. The Hall–Kier alpha value is -9.29. The predicted octanol–water partition coefficient (Wildman–Crippen LogP) is 4.49. The molecule has 0 bridgehead atoms. The van der Waals surface area contributed by atoms with Crippen molar-refractivity contribution in [3.8, 4) is 118 Å². The van der Waals surface area contributed by atoms with E-state index in [4.69, 9.17) is 40.9 Å². The van der Waals surface area contributed by atoms with Gasteiger partial charge in [-0.05, 0) is 209 Å². The number of carboxylic acids is 2. The van der Waals surface area contributed by atoms with Crippen molar-refractivity contribution < 1.29 is 38.3 Å². The van der Waals surface area contributed by atoms with E-state index in [9.17, 15) is 14.4 Å². The Balaban J connectivity index is -0.000000440. The summed E-state index contributed by atoms with van der Waals surface area (Å²) in [5.41, 5.74) is 16.9. The van der Waals surface area contributed by atoms with Crippen molar-refractivity contribution in [1.29, 1.82) is 5.53 Å². The number of nitrogens with zero attached hydrogens (tertiary/aromatic N) is 13. The first-order chi connectivity index (χ1) is 31.6. The van der Waals surface area contributed by atoms with Gasteiger partial charge in [0.2, 0.25) is 5.91 Å². The van der Waals surface area contributed by atoms with E-state index in [-0.39, 0.29) is 0 Å². The van der Waals surface area contributed by atoms with Crippen LogP contribution in [-0.4, -0.2) is 34.1 Å². The lowest BCUT2D eigenvalue weighted by Gasteiger charge is -2.04. The number of carbonyl (C=O) groups is 3. The molecule has 0 radical (unpaired) electrons. The molecular formula is C36H35N17O5. The Kier molecular flexibility index (Phi) is 30.5. The lowest BCUT2D eigenvalue weighted by atomic mass is 10.1. The highest BCUT2D eigenvalue weighted by atomic mass is 16.4. The Bertz CT molecular complexity index is 2470. The molecule has 0 rings (SSSR count). The van der Waals surface area contributed by atoms with Gasteiger partial charge in [0.25, 0.3) is 0 Å². The number of nitrogens with two attached hydrogens (primary N) is 2. The Morgan fingerprint density at radius 3 is 1.24 bits per heavy atom. The summed E-state index contributed by atoms with van der Waals surface area (Å²) in [6, 6.07) is -3.15. The number of allylic oxidation sites excluding steroid dienone is 1. The standard InChI is InChI=1S/2C12H6.C6H11N15O3.C6H12N2O2/c2*1-3-5-7-9-11-12-10-8-6-4-2;1-4(6(23)24)2-3-5(22)8-10-12-14-16-18-20-21-19-17-15-13-11-9-7;1-4(7)2-3-5(8)6(9)10/h2*1-2H3;4H,2-3H2,1H3,(H,23,24)(H2,7,8,11,12,15,16,19,20,22);5H,1-3,7-8H2,(H,9,10)/i;;2D2,3D2,4D;2D2,3D2,5D. The Morgan fingerprint density at radius 2 is 0.948 bits per heavy atom. The number of aliphatic carboxylic acids is 2. The van der Waals surface area contributed by atoms with Crippen molar-refractivity contribution in [2.45, 2.75) is 66.1 Å². The van der Waals surface area contributed by atoms with E-state index in [1.165, 1.54) is 5.43 Å². The SMILES string of the molecule is CC#CC#CC#CC#CC#CC.CC#CC#CC#CC#CC#CC.[2H]C([2H])(C(=C)N)C([2H])([2H])C([2H])(N)C(=O)O.[2H]C([2H])(C(=O)NN=NN=NN=NN=NN=NN=NN=N)C([2H])([2H])C([2H])(C)C(=O)O. The molecule has 0 heterocycles. The van der Waals surface area contributed by atoms with Crippen molar-refractivity contribution in [3.05, 3.63) is 12.3 Å². The molecule has 22 heteroatoms. The van der Waals surface area contributed by atoms with Gasteiger partial charge in [-0.3, -0.25) is 14.4 Å². The molecule has 0 saturated carbocycles. The highest BCUT2D eigenvalue weighted by molar-refractivity contribution is 5.76. The number of nitrogens with one attached hydrogen (secondary N) is 2. The molecule has 2 atom stereocenters. The first kappa shape index (κ1) is 37.0. The van der Waals surface area contributed by atoms with Crippen LogP contribution in [0.15, 0.2) is 80.2 Å². The van der Waals surface area contributed by atoms with Gasteiger partial charge in [-0.2, -0.15) is 5.53 Å². The van der Waals surface area contributed by atoms with Crippen molar-refractivity contribution in [1.82, 2.24) is 5.43 Å². The van der Waals surface area contributed by atoms with E-state index >= 15 is 0 Å². The van der Waals surface area contributed by atoms with Crippen LogP contribution in [0.2, 0.25) is 0 Å². The van der Waals surface area contributed by atoms with Crippen molar-refractivity contribution in [2.24, 2.45) is 85.3 Å². The van der Waals surface area contributed by atoms with Gasteiger partial charge in [-0.15, -0.1) is 0 Å². The molecule has 0 aliphatic heterocycles. The number of carboxylic acid groups (broad SMARTS) is 2. The van der Waals surface area contributed by atoms with Crippen LogP contribution in [0.5, 0.6) is 0 Å². The second kappa shape index (κ2) is 47.7. The molecule has 0 aliphatic rings. The zero-order chi connectivity index (χ0) is 53.4. The third kappa shape index (κ3) is 56.1. The third-order valence-electron chi connectivity index (χ3n) is 3.29. The van der Waals surface area contributed by atoms with Gasteiger partial charge in [0, 0.05) is 24.4 Å². The minimum atomic E-state index is -3.47. The lowest BCUT2D eigenvalue weighted by Crippen LogP contribution is -2.30. The predicted molar refractivity (Wildman–Crippen MR) is 207 cm³/mol. The van der Waals surface area contributed by atoms with Gasteiger partial charge in [0.1, 0.15) is 6.02 Å². The molecule has 0 fully saturated rings. The number of carbonyl (C=O) groups excluding carboxylic acids is 1. The summed E-state index contributed by atoms with van der Waals surface area (Å²) in [4.78, 5) is 33.2. The second-order valence-corrected chi connectivity index (χ2v) is 7.30. The summed E-state index contributed by atoms with van der Waals surface area (Å²) in [6.07, 6.45) is -13.0. The average molecular weight is 796 g/mol. The van der Waals surface area contributed by atoms with Crippen molar-refractivity contribution in [3.63, 3.8) is 0 Å². The van der Waals surface area contributed by atoms with Crippen LogP contribution >= 0.6 is 0 Å². The highest BCUT2D eigenvalue weighted by Gasteiger charge is 2.12. The molecule has 22 nitrogen and oxygen atoms in total. The minimum Gasteiger partial charge on any atom is -0.481 e. The molecule has 58 heavy (non-hydrogen) atoms. The monoisotopic (exact) mass is 795 g/mol. The molecule has 1 amide bonds. The molecule has 0 saturated heterocycles. The number of hydrogen-bond acceptors (Lipinski definition) is 7. The number of rotatable bonds is 15. The van der Waals surface area contributed by atoms with Crippen molar-refractivity contribution in [2.75, 3.05) is 0 Å². The van der Waals surface area contributed by atoms with Crippen molar-refractivity contribution >= 4 is 17.8 Å². The highest BCUT2D eigenvalue weighted by Crippen LogP contribution is 2.05. The van der Waals surface area contributed by atoms with Gasteiger partial charge in [-0.1, -0.05) is 37.2 Å². The second-order valence-electron chi connectivity index (χ2n) is 7.30. The van der Waals surface area contributed by atoms with Gasteiger partial charge in [0.05, 0.1) is 7.26 Å². The fourth-order valence-corrected chi connectivity index (χ4v) is 1.33. The molecule has 0 aromatic heterocycles. The zero-order valence-corrected chi connectivity index (χ0v) is 30.8. The Morgan fingerprint density at radius 1 is 0.621 bits per heavy atom. The molecule has 0 spiro atoms.